The molecule has 11 heteroatoms. The third-order valence-electron chi connectivity index (χ3n) is 3.26. The number of fused-ring (bicyclic) bond motifs is 1. The first-order chi connectivity index (χ1) is 11.3. The average molecular weight is 369 g/mol. The lowest BCUT2D eigenvalue weighted by atomic mass is 10.2. The van der Waals surface area contributed by atoms with E-state index in [4.69, 9.17) is 16.2 Å². The Morgan fingerprint density at radius 3 is 2.83 bits per heavy atom. The molecule has 0 amide bonds. The van der Waals surface area contributed by atoms with Gasteiger partial charge in [-0.1, -0.05) is 17.7 Å². The van der Waals surface area contributed by atoms with Crippen molar-refractivity contribution in [3.8, 4) is 0 Å². The second-order valence-electron chi connectivity index (χ2n) is 4.97. The van der Waals surface area contributed by atoms with Gasteiger partial charge in [-0.05, 0) is 17.7 Å². The fourth-order valence-electron chi connectivity index (χ4n) is 2.18. The number of nitrogens with one attached hydrogen (secondary N) is 2. The predicted molar refractivity (Wildman–Crippen MR) is 90.3 cm³/mol. The number of hydrogen-bond donors (Lipinski definition) is 3. The van der Waals surface area contributed by atoms with Crippen molar-refractivity contribution in [1.82, 2.24) is 19.7 Å². The quantitative estimate of drug-likeness (QED) is 0.587. The first-order valence-corrected chi connectivity index (χ1v) is 8.55. The Labute approximate surface area is 142 Å². The molecule has 3 aromatic rings. The molecule has 0 radical (unpaired) electrons. The summed E-state index contributed by atoms with van der Waals surface area (Å²) in [4.78, 5) is 8.35. The first kappa shape index (κ1) is 16.4. The first-order valence-electron chi connectivity index (χ1n) is 6.74. The van der Waals surface area contributed by atoms with Crippen LogP contribution < -0.4 is 10.0 Å². The summed E-state index contributed by atoms with van der Waals surface area (Å²) in [6.45, 7) is 0.410. The van der Waals surface area contributed by atoms with Crippen molar-refractivity contribution in [2.24, 2.45) is 7.05 Å². The van der Waals surface area contributed by atoms with Crippen LogP contribution in [0.15, 0.2) is 30.7 Å². The normalized spacial score (nSPS) is 11.6. The Morgan fingerprint density at radius 1 is 1.33 bits per heavy atom. The molecule has 3 rings (SSSR count). The number of benzene rings is 1. The monoisotopic (exact) mass is 368 g/mol. The van der Waals surface area contributed by atoms with Gasteiger partial charge in [0.2, 0.25) is 0 Å². The largest absolute Gasteiger partial charge is 0.365 e. The van der Waals surface area contributed by atoms with Crippen LogP contribution in [0.1, 0.15) is 5.56 Å². The van der Waals surface area contributed by atoms with E-state index in [-0.39, 0.29) is 10.7 Å². The Balaban J connectivity index is 1.78. The van der Waals surface area contributed by atoms with Gasteiger partial charge in [0.1, 0.15) is 12.1 Å². The fraction of sp³-hybridized carbons (Fsp3) is 0.154. The Hall–Kier alpha value is -2.43. The van der Waals surface area contributed by atoms with Crippen molar-refractivity contribution in [3.63, 3.8) is 0 Å². The maximum Gasteiger partial charge on any atom is 0.357 e. The Bertz CT molecular complexity index is 1000. The molecule has 2 aromatic heterocycles. The van der Waals surface area contributed by atoms with E-state index in [9.17, 15) is 8.42 Å². The highest BCUT2D eigenvalue weighted by Gasteiger charge is 2.10. The molecular weight excluding hydrogens is 356 g/mol. The highest BCUT2D eigenvalue weighted by atomic mass is 35.5. The topological polar surface area (TPSA) is 122 Å². The molecule has 0 saturated heterocycles. The zero-order valence-corrected chi connectivity index (χ0v) is 14.0. The van der Waals surface area contributed by atoms with Crippen LogP contribution >= 0.6 is 11.6 Å². The molecule has 9 nitrogen and oxygen atoms in total. The second-order valence-corrected chi connectivity index (χ2v) is 6.53. The second kappa shape index (κ2) is 6.23. The van der Waals surface area contributed by atoms with Crippen molar-refractivity contribution < 1.29 is 13.0 Å². The lowest BCUT2D eigenvalue weighted by Gasteiger charge is -2.09. The van der Waals surface area contributed by atoms with Crippen LogP contribution in [0.3, 0.4) is 0 Å². The molecule has 0 spiro atoms. The summed E-state index contributed by atoms with van der Waals surface area (Å²) >= 11 is 6.01. The van der Waals surface area contributed by atoms with E-state index in [2.05, 4.69) is 20.4 Å². The summed E-state index contributed by atoms with van der Waals surface area (Å²) in [6.07, 6.45) is 3.11. The lowest BCUT2D eigenvalue weighted by Crippen LogP contribution is -2.11. The molecule has 3 N–H and O–H groups in total. The summed E-state index contributed by atoms with van der Waals surface area (Å²) in [5, 5.41) is 8.25. The van der Waals surface area contributed by atoms with Gasteiger partial charge in [0, 0.05) is 13.6 Å². The summed E-state index contributed by atoms with van der Waals surface area (Å²) in [6, 6.07) is 4.73. The van der Waals surface area contributed by atoms with Crippen molar-refractivity contribution >= 4 is 44.4 Å². The number of aromatic nitrogens is 4. The molecule has 126 valence electrons. The number of aryl methyl sites for hydroxylation is 1. The van der Waals surface area contributed by atoms with E-state index in [1.54, 1.807) is 30.1 Å². The van der Waals surface area contributed by atoms with Crippen molar-refractivity contribution in [2.45, 2.75) is 6.54 Å². The molecule has 0 aliphatic heterocycles. The van der Waals surface area contributed by atoms with E-state index < -0.39 is 10.3 Å². The van der Waals surface area contributed by atoms with Crippen LogP contribution in [0.4, 0.5) is 11.5 Å². The van der Waals surface area contributed by atoms with Gasteiger partial charge in [0.05, 0.1) is 22.3 Å². The molecule has 24 heavy (non-hydrogen) atoms. The lowest BCUT2D eigenvalue weighted by molar-refractivity contribution is 0.489. The van der Waals surface area contributed by atoms with Gasteiger partial charge >= 0.3 is 10.3 Å². The number of anilines is 2. The average Bonchev–Trinajstić information content (AvgIpc) is 2.89. The molecule has 0 saturated carbocycles. The minimum Gasteiger partial charge on any atom is -0.365 e. The van der Waals surface area contributed by atoms with Crippen LogP contribution in [0, 0.1) is 0 Å². The minimum atomic E-state index is -4.37. The molecule has 0 aliphatic rings. The van der Waals surface area contributed by atoms with Crippen LogP contribution in [-0.4, -0.2) is 32.7 Å². The van der Waals surface area contributed by atoms with E-state index >= 15 is 0 Å². The van der Waals surface area contributed by atoms with Crippen LogP contribution in [0.2, 0.25) is 5.02 Å². The molecule has 0 fully saturated rings. The minimum absolute atomic E-state index is 0.0969. The number of halogens is 1. The van der Waals surface area contributed by atoms with Crippen molar-refractivity contribution in [3.05, 3.63) is 41.3 Å². The summed E-state index contributed by atoms with van der Waals surface area (Å²) in [5.74, 6) is 0.629. The number of nitrogens with zero attached hydrogens (tertiary/aromatic N) is 4. The molecule has 1 aromatic carbocycles. The number of hydrogen-bond acceptors (Lipinski definition) is 6. The number of rotatable bonds is 5. The van der Waals surface area contributed by atoms with Gasteiger partial charge in [-0.2, -0.15) is 13.5 Å². The zero-order chi connectivity index (χ0) is 17.3. The van der Waals surface area contributed by atoms with Gasteiger partial charge in [-0.15, -0.1) is 0 Å². The van der Waals surface area contributed by atoms with E-state index in [1.165, 1.54) is 12.4 Å². The molecule has 0 atom stereocenters. The van der Waals surface area contributed by atoms with Crippen molar-refractivity contribution in [2.75, 3.05) is 10.0 Å². The van der Waals surface area contributed by atoms with Crippen LogP contribution in [0.25, 0.3) is 11.0 Å². The Morgan fingerprint density at radius 2 is 2.12 bits per heavy atom. The third-order valence-corrected chi connectivity index (χ3v) is 4.05. The summed E-state index contributed by atoms with van der Waals surface area (Å²) in [5.41, 5.74) is 1.61. The smallest absolute Gasteiger partial charge is 0.357 e. The van der Waals surface area contributed by atoms with Gasteiger partial charge in [0.25, 0.3) is 0 Å². The van der Waals surface area contributed by atoms with Gasteiger partial charge in [0.15, 0.2) is 5.65 Å². The fourth-order valence-corrected chi connectivity index (χ4v) is 2.94. The van der Waals surface area contributed by atoms with Gasteiger partial charge in [-0.25, -0.2) is 9.97 Å². The molecule has 0 bridgehead atoms. The Kier molecular flexibility index (Phi) is 4.26. The van der Waals surface area contributed by atoms with E-state index in [0.29, 0.717) is 18.0 Å². The summed E-state index contributed by atoms with van der Waals surface area (Å²) in [7, 11) is -2.57. The van der Waals surface area contributed by atoms with Gasteiger partial charge < -0.3 is 5.32 Å². The standard InChI is InChI=1S/C13H13ClN6O3S/c1-20-13-9(6-18-20)12(16-7-17-13)15-5-8-2-3-11(10(14)4-8)19-24(21,22)23/h2-4,6-7,19H,5H2,1H3,(H,15,16,17)(H,21,22,23). The van der Waals surface area contributed by atoms with E-state index in [0.717, 1.165) is 10.9 Å². The molecular formula is C13H13ClN6O3S. The van der Waals surface area contributed by atoms with Gasteiger partial charge in [-0.3, -0.25) is 14.0 Å². The highest BCUT2D eigenvalue weighted by molar-refractivity contribution is 7.87. The van der Waals surface area contributed by atoms with Crippen LogP contribution in [0.5, 0.6) is 0 Å². The predicted octanol–water partition coefficient (Wildman–Crippen LogP) is 1.84. The third kappa shape index (κ3) is 3.55. The molecule has 2 heterocycles. The summed E-state index contributed by atoms with van der Waals surface area (Å²) < 4.78 is 34.0. The zero-order valence-electron chi connectivity index (χ0n) is 12.4. The van der Waals surface area contributed by atoms with Crippen molar-refractivity contribution in [1.29, 1.82) is 0 Å². The maximum absolute atomic E-state index is 10.8. The SMILES string of the molecule is Cn1ncc2c(NCc3ccc(NS(=O)(=O)O)c(Cl)c3)ncnc21. The highest BCUT2D eigenvalue weighted by Crippen LogP contribution is 2.25. The van der Waals surface area contributed by atoms with E-state index in [1.807, 2.05) is 4.72 Å². The molecule has 0 unspecified atom stereocenters. The maximum atomic E-state index is 10.8. The molecule has 0 aliphatic carbocycles. The van der Waals surface area contributed by atoms with Crippen LogP contribution in [-0.2, 0) is 23.9 Å².